The van der Waals surface area contributed by atoms with Gasteiger partial charge in [-0.2, -0.15) is 17.6 Å². The van der Waals surface area contributed by atoms with Crippen molar-refractivity contribution in [2.24, 2.45) is 5.73 Å². The van der Waals surface area contributed by atoms with Gasteiger partial charge in [-0.3, -0.25) is 33.8 Å². The molecule has 0 saturated carbocycles. The molecule has 0 saturated heterocycles. The quantitative estimate of drug-likeness (QED) is 0.0602. The van der Waals surface area contributed by atoms with E-state index < -0.39 is 72.2 Å². The van der Waals surface area contributed by atoms with Gasteiger partial charge in [0.25, 0.3) is 11.5 Å². The molecule has 3 atom stereocenters. The van der Waals surface area contributed by atoms with Crippen molar-refractivity contribution in [3.63, 3.8) is 0 Å². The van der Waals surface area contributed by atoms with E-state index in [1.165, 1.54) is 18.3 Å². The Balaban J connectivity index is 1.46. The Labute approximate surface area is 282 Å². The Hall–Kier alpha value is -5.83. The molecule has 1 aromatic carbocycles. The van der Waals surface area contributed by atoms with Crippen molar-refractivity contribution in [2.45, 2.75) is 43.9 Å². The summed E-state index contributed by atoms with van der Waals surface area (Å²) >= 11 is 3.94. The summed E-state index contributed by atoms with van der Waals surface area (Å²) in [5.41, 5.74) is 12.0. The number of nitrogens with one attached hydrogen (secondary N) is 6. The van der Waals surface area contributed by atoms with Gasteiger partial charge in [0.2, 0.25) is 23.7 Å². The molecule has 0 aliphatic carbocycles. The fourth-order valence-corrected chi connectivity index (χ4v) is 4.24. The number of carbonyl (C=O) groups excluding carboxylic acids is 4. The van der Waals surface area contributed by atoms with E-state index in [9.17, 15) is 38.7 Å². The Kier molecular flexibility index (Phi) is 13.8. The van der Waals surface area contributed by atoms with Gasteiger partial charge in [-0.15, -0.1) is 0 Å². The van der Waals surface area contributed by atoms with E-state index in [4.69, 9.17) is 16.6 Å². The van der Waals surface area contributed by atoms with Crippen LogP contribution in [-0.2, 0) is 30.5 Å². The number of hydrogen-bond acceptors (Lipinski definition) is 14. The van der Waals surface area contributed by atoms with Gasteiger partial charge in [-0.1, -0.05) is 0 Å². The van der Waals surface area contributed by atoms with Crippen LogP contribution >= 0.6 is 12.6 Å². The number of aromatic amines is 1. The highest BCUT2D eigenvalue weighted by Crippen LogP contribution is 2.12. The standard InChI is InChI=1S/C28H35N11O9S/c29-16(24(44)37-18(9-20(41)42)25(45)31-7-8-49)12-33-19(40)6-5-17(27(47)48)36-23(43)13-1-3-14(4-2-13)32-10-15-11-34-22-21(35-15)26(46)39-28(30)38-22/h1-4,11,16-18,32,49H,5-10,12,29H2,(H,31,45)(H,33,40)(H,36,43)(H,37,44)(H,41,42)(H,47,48)(H3,30,34,38,39,46). The Bertz CT molecular complexity index is 1750. The number of carboxylic acids is 2. The first-order valence-corrected chi connectivity index (χ1v) is 15.2. The number of anilines is 2. The molecule has 0 bridgehead atoms. The van der Waals surface area contributed by atoms with Crippen LogP contribution in [0.25, 0.3) is 11.2 Å². The van der Waals surface area contributed by atoms with Crippen LogP contribution in [0.2, 0.25) is 0 Å². The van der Waals surface area contributed by atoms with Crippen LogP contribution in [0.15, 0.2) is 35.3 Å². The van der Waals surface area contributed by atoms with Crippen molar-refractivity contribution < 1.29 is 39.0 Å². The number of amides is 4. The topological polar surface area (TPSA) is 327 Å². The summed E-state index contributed by atoms with van der Waals surface area (Å²) in [4.78, 5) is 99.1. The lowest BCUT2D eigenvalue weighted by molar-refractivity contribution is -0.141. The van der Waals surface area contributed by atoms with Gasteiger partial charge in [0.1, 0.15) is 18.1 Å². The summed E-state index contributed by atoms with van der Waals surface area (Å²) in [5, 5.41) is 31.0. The van der Waals surface area contributed by atoms with E-state index in [0.717, 1.165) is 0 Å². The first-order valence-electron chi connectivity index (χ1n) is 14.6. The van der Waals surface area contributed by atoms with E-state index in [0.29, 0.717) is 11.4 Å². The lowest BCUT2D eigenvalue weighted by Crippen LogP contribution is -2.55. The highest BCUT2D eigenvalue weighted by molar-refractivity contribution is 7.80. The van der Waals surface area contributed by atoms with Crippen molar-refractivity contribution in [3.05, 3.63) is 52.1 Å². The lowest BCUT2D eigenvalue weighted by Gasteiger charge is -2.20. The summed E-state index contributed by atoms with van der Waals surface area (Å²) in [6.45, 7) is -0.0794. The number of aliphatic carboxylic acids is 2. The van der Waals surface area contributed by atoms with E-state index in [-0.39, 0.29) is 54.4 Å². The SMILES string of the molecule is Nc1nc2ncc(CNc3ccc(C(=O)NC(CCC(=O)NCC(N)C(=O)NC(CC(=O)O)C(=O)NCCS)C(=O)O)cc3)nc2c(=O)[nH]1. The van der Waals surface area contributed by atoms with Crippen molar-refractivity contribution >= 4 is 71.0 Å². The minimum atomic E-state index is -1.43. The van der Waals surface area contributed by atoms with E-state index in [2.05, 4.69) is 59.1 Å². The second-order valence-electron chi connectivity index (χ2n) is 10.4. The number of thiol groups is 1. The van der Waals surface area contributed by atoms with Gasteiger partial charge in [0.05, 0.1) is 24.9 Å². The normalized spacial score (nSPS) is 12.6. The zero-order valence-electron chi connectivity index (χ0n) is 25.8. The summed E-state index contributed by atoms with van der Waals surface area (Å²) in [5.74, 6) is -5.54. The van der Waals surface area contributed by atoms with E-state index >= 15 is 0 Å². The minimum Gasteiger partial charge on any atom is -0.481 e. The first kappa shape index (κ1) is 37.6. The number of H-pyrrole nitrogens is 1. The number of nitrogens with two attached hydrogens (primary N) is 2. The number of carboxylic acid groups (broad SMARTS) is 2. The van der Waals surface area contributed by atoms with E-state index in [1.807, 2.05) is 0 Å². The predicted molar refractivity (Wildman–Crippen MR) is 176 cm³/mol. The maximum absolute atomic E-state index is 12.7. The average Bonchev–Trinajstić information content (AvgIpc) is 3.06. The Morgan fingerprint density at radius 2 is 1.67 bits per heavy atom. The van der Waals surface area contributed by atoms with Crippen LogP contribution in [-0.4, -0.2) is 103 Å². The van der Waals surface area contributed by atoms with Crippen molar-refractivity contribution in [2.75, 3.05) is 29.9 Å². The Morgan fingerprint density at radius 1 is 0.959 bits per heavy atom. The van der Waals surface area contributed by atoms with Gasteiger partial charge in [-0.05, 0) is 30.7 Å². The molecule has 0 aliphatic heterocycles. The molecule has 0 aliphatic rings. The molecule has 12 N–H and O–H groups in total. The molecule has 3 aromatic rings. The second-order valence-corrected chi connectivity index (χ2v) is 10.9. The summed E-state index contributed by atoms with van der Waals surface area (Å²) < 4.78 is 0. The molecule has 0 fully saturated rings. The molecule has 49 heavy (non-hydrogen) atoms. The molecule has 21 heteroatoms. The third-order valence-corrected chi connectivity index (χ3v) is 6.87. The summed E-state index contributed by atoms with van der Waals surface area (Å²) in [7, 11) is 0. The molecule has 3 unspecified atom stereocenters. The maximum atomic E-state index is 12.7. The number of carbonyl (C=O) groups is 6. The zero-order chi connectivity index (χ0) is 36.1. The lowest BCUT2D eigenvalue weighted by atomic mass is 10.1. The van der Waals surface area contributed by atoms with Crippen LogP contribution < -0.4 is 43.6 Å². The number of aromatic nitrogens is 4. The van der Waals surface area contributed by atoms with Gasteiger partial charge in [0, 0.05) is 36.5 Å². The number of nitrogen functional groups attached to an aromatic ring is 1. The molecule has 3 rings (SSSR count). The van der Waals surface area contributed by atoms with Gasteiger partial charge >= 0.3 is 11.9 Å². The van der Waals surface area contributed by atoms with Crippen LogP contribution in [0.4, 0.5) is 11.6 Å². The first-order chi connectivity index (χ1) is 23.3. The van der Waals surface area contributed by atoms with Crippen LogP contribution in [0, 0.1) is 0 Å². The van der Waals surface area contributed by atoms with Gasteiger partial charge < -0.3 is 48.3 Å². The molecule has 2 aromatic heterocycles. The number of hydrogen-bond donors (Lipinski definition) is 11. The molecule has 0 radical (unpaired) electrons. The average molecular weight is 702 g/mol. The number of benzene rings is 1. The van der Waals surface area contributed by atoms with Crippen molar-refractivity contribution in [3.8, 4) is 0 Å². The molecule has 262 valence electrons. The molecular formula is C28H35N11O9S. The van der Waals surface area contributed by atoms with Crippen molar-refractivity contribution in [1.29, 1.82) is 0 Å². The number of nitrogens with zero attached hydrogens (tertiary/aromatic N) is 3. The largest absolute Gasteiger partial charge is 0.481 e. The smallest absolute Gasteiger partial charge is 0.326 e. The molecule has 20 nitrogen and oxygen atoms in total. The fourth-order valence-electron chi connectivity index (χ4n) is 4.13. The number of fused-ring (bicyclic) bond motifs is 1. The molecule has 0 spiro atoms. The van der Waals surface area contributed by atoms with E-state index in [1.54, 1.807) is 12.1 Å². The van der Waals surface area contributed by atoms with Gasteiger partial charge in [-0.25, -0.2) is 14.8 Å². The summed E-state index contributed by atoms with van der Waals surface area (Å²) in [6.07, 6.45) is 0.0789. The minimum absolute atomic E-state index is 0.0212. The highest BCUT2D eigenvalue weighted by atomic mass is 32.1. The molecular weight excluding hydrogens is 666 g/mol. The second kappa shape index (κ2) is 17.9. The Morgan fingerprint density at radius 3 is 2.33 bits per heavy atom. The van der Waals surface area contributed by atoms with Crippen LogP contribution in [0.3, 0.4) is 0 Å². The van der Waals surface area contributed by atoms with Crippen molar-refractivity contribution in [1.82, 2.24) is 41.2 Å². The number of rotatable bonds is 18. The van der Waals surface area contributed by atoms with Gasteiger partial charge in [0.15, 0.2) is 11.2 Å². The highest BCUT2D eigenvalue weighted by Gasteiger charge is 2.27. The third-order valence-electron chi connectivity index (χ3n) is 6.65. The predicted octanol–water partition coefficient (Wildman–Crippen LogP) is -2.68. The zero-order valence-corrected chi connectivity index (χ0v) is 26.7. The maximum Gasteiger partial charge on any atom is 0.326 e. The molecule has 2 heterocycles. The van der Waals surface area contributed by atoms with Crippen LogP contribution in [0.1, 0.15) is 35.3 Å². The van der Waals surface area contributed by atoms with Crippen LogP contribution in [0.5, 0.6) is 0 Å². The third kappa shape index (κ3) is 11.7. The molecule has 4 amide bonds. The summed E-state index contributed by atoms with van der Waals surface area (Å²) in [6, 6.07) is 1.84. The monoisotopic (exact) mass is 701 g/mol. The fraction of sp³-hybridized carbons (Fsp3) is 0.357.